The molecule has 0 aliphatic heterocycles. The lowest BCUT2D eigenvalue weighted by Gasteiger charge is -2.21. The minimum atomic E-state index is 0.0559. The Bertz CT molecular complexity index is 374. The standard InChI is InChI=1S/C12H15ClO2/c13-11-7-8-3-1-2-4-9(8)10(5-6-14)12(11)15/h7,14-15H,1-6H2. The van der Waals surface area contributed by atoms with Crippen molar-refractivity contribution in [1.82, 2.24) is 0 Å². The molecule has 1 aliphatic carbocycles. The van der Waals surface area contributed by atoms with Crippen LogP contribution >= 0.6 is 11.6 Å². The number of hydrogen-bond donors (Lipinski definition) is 2. The van der Waals surface area contributed by atoms with Gasteiger partial charge in [0, 0.05) is 12.2 Å². The lowest BCUT2D eigenvalue weighted by Crippen LogP contribution is -2.08. The number of aromatic hydroxyl groups is 1. The zero-order valence-corrected chi connectivity index (χ0v) is 9.35. The number of fused-ring (bicyclic) bond motifs is 1. The summed E-state index contributed by atoms with van der Waals surface area (Å²) in [5.74, 6) is 0.159. The Labute approximate surface area is 94.5 Å². The van der Waals surface area contributed by atoms with E-state index in [-0.39, 0.29) is 12.4 Å². The van der Waals surface area contributed by atoms with Gasteiger partial charge in [0.1, 0.15) is 5.75 Å². The van der Waals surface area contributed by atoms with E-state index >= 15 is 0 Å². The Morgan fingerprint density at radius 2 is 2.00 bits per heavy atom. The van der Waals surface area contributed by atoms with Gasteiger partial charge in [-0.2, -0.15) is 0 Å². The predicted octanol–water partition coefficient (Wildman–Crippen LogP) is 2.46. The van der Waals surface area contributed by atoms with E-state index in [0.717, 1.165) is 24.8 Å². The summed E-state index contributed by atoms with van der Waals surface area (Å²) in [5.41, 5.74) is 3.30. The van der Waals surface area contributed by atoms with Gasteiger partial charge in [-0.05, 0) is 49.3 Å². The summed E-state index contributed by atoms with van der Waals surface area (Å²) < 4.78 is 0. The van der Waals surface area contributed by atoms with Gasteiger partial charge in [-0.1, -0.05) is 11.6 Å². The van der Waals surface area contributed by atoms with Gasteiger partial charge in [0.05, 0.1) is 5.02 Å². The third-order valence-corrected chi connectivity index (χ3v) is 3.34. The molecule has 2 N–H and O–H groups in total. The van der Waals surface area contributed by atoms with Crippen LogP contribution in [-0.4, -0.2) is 16.8 Å². The van der Waals surface area contributed by atoms with E-state index in [4.69, 9.17) is 16.7 Å². The molecule has 0 bridgehead atoms. The highest BCUT2D eigenvalue weighted by Crippen LogP contribution is 2.36. The summed E-state index contributed by atoms with van der Waals surface area (Å²) >= 11 is 5.95. The summed E-state index contributed by atoms with van der Waals surface area (Å²) in [6.45, 7) is 0.0559. The third kappa shape index (κ3) is 1.97. The fourth-order valence-corrected chi connectivity index (χ4v) is 2.57. The number of benzene rings is 1. The van der Waals surface area contributed by atoms with E-state index in [9.17, 15) is 5.11 Å². The maximum Gasteiger partial charge on any atom is 0.137 e. The van der Waals surface area contributed by atoms with Crippen LogP contribution in [0.15, 0.2) is 6.07 Å². The molecule has 15 heavy (non-hydrogen) atoms. The van der Waals surface area contributed by atoms with Crippen molar-refractivity contribution < 1.29 is 10.2 Å². The van der Waals surface area contributed by atoms with Crippen LogP contribution in [0.2, 0.25) is 5.02 Å². The van der Waals surface area contributed by atoms with Crippen LogP contribution in [0.4, 0.5) is 0 Å². The molecule has 0 fully saturated rings. The predicted molar refractivity (Wildman–Crippen MR) is 60.5 cm³/mol. The number of aliphatic hydroxyl groups excluding tert-OH is 1. The van der Waals surface area contributed by atoms with E-state index in [1.807, 2.05) is 6.07 Å². The zero-order chi connectivity index (χ0) is 10.8. The Balaban J connectivity index is 2.52. The Hall–Kier alpha value is -0.730. The van der Waals surface area contributed by atoms with Gasteiger partial charge in [0.15, 0.2) is 0 Å². The van der Waals surface area contributed by atoms with Crippen molar-refractivity contribution >= 4 is 11.6 Å². The highest BCUT2D eigenvalue weighted by molar-refractivity contribution is 6.32. The molecule has 82 valence electrons. The molecule has 0 saturated carbocycles. The first kappa shape index (κ1) is 10.8. The van der Waals surface area contributed by atoms with Crippen molar-refractivity contribution in [2.75, 3.05) is 6.61 Å². The first-order valence-electron chi connectivity index (χ1n) is 5.37. The molecule has 3 heteroatoms. The molecule has 0 spiro atoms. The second-order valence-electron chi connectivity index (χ2n) is 4.00. The van der Waals surface area contributed by atoms with Gasteiger partial charge in [-0.15, -0.1) is 0 Å². The molecule has 1 aromatic carbocycles. The summed E-state index contributed by atoms with van der Waals surface area (Å²) in [5, 5.41) is 19.2. The molecule has 2 nitrogen and oxygen atoms in total. The molecule has 0 amide bonds. The molecule has 0 radical (unpaired) electrons. The van der Waals surface area contributed by atoms with Crippen LogP contribution in [0.3, 0.4) is 0 Å². The average molecular weight is 227 g/mol. The normalized spacial score (nSPS) is 15.1. The quantitative estimate of drug-likeness (QED) is 0.814. The third-order valence-electron chi connectivity index (χ3n) is 3.05. The van der Waals surface area contributed by atoms with Crippen molar-refractivity contribution in [3.8, 4) is 5.75 Å². The van der Waals surface area contributed by atoms with Crippen molar-refractivity contribution in [3.05, 3.63) is 27.8 Å². The monoisotopic (exact) mass is 226 g/mol. The fourth-order valence-electron chi connectivity index (χ4n) is 2.32. The van der Waals surface area contributed by atoms with Crippen LogP contribution in [0, 0.1) is 0 Å². The molecule has 0 atom stereocenters. The van der Waals surface area contributed by atoms with Gasteiger partial charge < -0.3 is 10.2 Å². The van der Waals surface area contributed by atoms with Gasteiger partial charge >= 0.3 is 0 Å². The molecule has 0 unspecified atom stereocenters. The Morgan fingerprint density at radius 1 is 1.27 bits per heavy atom. The van der Waals surface area contributed by atoms with Gasteiger partial charge in [0.2, 0.25) is 0 Å². The van der Waals surface area contributed by atoms with Crippen LogP contribution in [0.25, 0.3) is 0 Å². The molecular formula is C12H15ClO2. The molecular weight excluding hydrogens is 212 g/mol. The maximum absolute atomic E-state index is 9.84. The molecule has 0 aromatic heterocycles. The van der Waals surface area contributed by atoms with Crippen molar-refractivity contribution in [3.63, 3.8) is 0 Å². The number of halogens is 1. The zero-order valence-electron chi connectivity index (χ0n) is 8.59. The highest BCUT2D eigenvalue weighted by atomic mass is 35.5. The minimum Gasteiger partial charge on any atom is -0.506 e. The lowest BCUT2D eigenvalue weighted by atomic mass is 9.87. The van der Waals surface area contributed by atoms with E-state index < -0.39 is 0 Å². The first-order chi connectivity index (χ1) is 7.24. The highest BCUT2D eigenvalue weighted by Gasteiger charge is 2.18. The van der Waals surface area contributed by atoms with Gasteiger partial charge in [0.25, 0.3) is 0 Å². The van der Waals surface area contributed by atoms with Crippen molar-refractivity contribution in [1.29, 1.82) is 0 Å². The van der Waals surface area contributed by atoms with Crippen LogP contribution < -0.4 is 0 Å². The second kappa shape index (κ2) is 4.42. The first-order valence-corrected chi connectivity index (χ1v) is 5.74. The summed E-state index contributed by atoms with van der Waals surface area (Å²) in [7, 11) is 0. The lowest BCUT2D eigenvalue weighted by molar-refractivity contribution is 0.297. The SMILES string of the molecule is OCCc1c(O)c(Cl)cc2c1CCCC2. The van der Waals surface area contributed by atoms with E-state index in [0.29, 0.717) is 11.4 Å². The fraction of sp³-hybridized carbons (Fsp3) is 0.500. The topological polar surface area (TPSA) is 40.5 Å². The Kier molecular flexibility index (Phi) is 3.17. The molecule has 1 aliphatic rings. The number of hydrogen-bond acceptors (Lipinski definition) is 2. The number of aryl methyl sites for hydroxylation is 1. The largest absolute Gasteiger partial charge is 0.506 e. The smallest absolute Gasteiger partial charge is 0.137 e. The van der Waals surface area contributed by atoms with Crippen molar-refractivity contribution in [2.45, 2.75) is 32.1 Å². The van der Waals surface area contributed by atoms with Crippen LogP contribution in [-0.2, 0) is 19.3 Å². The minimum absolute atomic E-state index is 0.0559. The maximum atomic E-state index is 9.84. The Morgan fingerprint density at radius 3 is 2.73 bits per heavy atom. The summed E-state index contributed by atoms with van der Waals surface area (Å²) in [6, 6.07) is 1.87. The number of rotatable bonds is 2. The summed E-state index contributed by atoms with van der Waals surface area (Å²) in [4.78, 5) is 0. The number of phenols is 1. The summed E-state index contributed by atoms with van der Waals surface area (Å²) in [6.07, 6.45) is 4.87. The number of phenolic OH excluding ortho intramolecular Hbond substituents is 1. The van der Waals surface area contributed by atoms with E-state index in [1.165, 1.54) is 17.5 Å². The molecule has 1 aromatic rings. The van der Waals surface area contributed by atoms with Gasteiger partial charge in [-0.3, -0.25) is 0 Å². The number of aliphatic hydroxyl groups is 1. The molecule has 0 saturated heterocycles. The van der Waals surface area contributed by atoms with Crippen molar-refractivity contribution in [2.24, 2.45) is 0 Å². The second-order valence-corrected chi connectivity index (χ2v) is 4.41. The molecule has 0 heterocycles. The van der Waals surface area contributed by atoms with E-state index in [2.05, 4.69) is 0 Å². The van der Waals surface area contributed by atoms with E-state index in [1.54, 1.807) is 0 Å². The molecule has 2 rings (SSSR count). The average Bonchev–Trinajstić information content (AvgIpc) is 2.25. The van der Waals surface area contributed by atoms with Crippen LogP contribution in [0.5, 0.6) is 5.75 Å². The van der Waals surface area contributed by atoms with Gasteiger partial charge in [-0.25, -0.2) is 0 Å². The van der Waals surface area contributed by atoms with Crippen LogP contribution in [0.1, 0.15) is 29.5 Å².